The van der Waals surface area contributed by atoms with Crippen LogP contribution in [0.25, 0.3) is 0 Å². The molecule has 1 unspecified atom stereocenters. The van der Waals surface area contributed by atoms with Gasteiger partial charge in [-0.1, -0.05) is 26.0 Å². The van der Waals surface area contributed by atoms with E-state index in [-0.39, 0.29) is 29.9 Å². The van der Waals surface area contributed by atoms with Crippen LogP contribution in [-0.2, 0) is 6.54 Å². The third kappa shape index (κ3) is 7.89. The highest BCUT2D eigenvalue weighted by molar-refractivity contribution is 14.0. The van der Waals surface area contributed by atoms with Crippen molar-refractivity contribution in [3.8, 4) is 0 Å². The lowest BCUT2D eigenvalue weighted by molar-refractivity contribution is 0.0953. The van der Waals surface area contributed by atoms with E-state index in [0.29, 0.717) is 23.9 Å². The number of nitrogens with one attached hydrogen (secondary N) is 2. The number of halogens is 1. The highest BCUT2D eigenvalue weighted by Gasteiger charge is 2.21. The van der Waals surface area contributed by atoms with Gasteiger partial charge in [0.15, 0.2) is 5.96 Å². The molecule has 1 atom stereocenters. The Hall–Kier alpha value is -0.960. The first-order chi connectivity index (χ1) is 12.7. The molecule has 1 fully saturated rings. The van der Waals surface area contributed by atoms with Crippen molar-refractivity contribution in [1.82, 2.24) is 15.5 Å². The van der Waals surface area contributed by atoms with Gasteiger partial charge in [-0.2, -0.15) is 11.8 Å². The fraction of sp³-hybridized carbons (Fsp3) is 0.600. The van der Waals surface area contributed by atoms with E-state index in [1.165, 1.54) is 6.42 Å². The van der Waals surface area contributed by atoms with Crippen molar-refractivity contribution in [3.05, 3.63) is 35.4 Å². The molecule has 2 N–H and O–H groups in total. The summed E-state index contributed by atoms with van der Waals surface area (Å²) in [6, 6.07) is 7.77. The molecule has 5 nitrogen and oxygen atoms in total. The molecule has 1 saturated heterocycles. The molecule has 0 radical (unpaired) electrons. The van der Waals surface area contributed by atoms with Gasteiger partial charge in [0.2, 0.25) is 0 Å². The predicted molar refractivity (Wildman–Crippen MR) is 127 cm³/mol. The number of hydrogen-bond acceptors (Lipinski definition) is 3. The molecule has 1 aliphatic heterocycles. The fourth-order valence-electron chi connectivity index (χ4n) is 2.90. The van der Waals surface area contributed by atoms with Crippen molar-refractivity contribution in [2.75, 3.05) is 31.9 Å². The summed E-state index contributed by atoms with van der Waals surface area (Å²) in [5.41, 5.74) is 1.76. The van der Waals surface area contributed by atoms with E-state index in [4.69, 9.17) is 4.99 Å². The van der Waals surface area contributed by atoms with Crippen molar-refractivity contribution in [3.63, 3.8) is 0 Å². The average molecular weight is 504 g/mol. The molecule has 1 amide bonds. The normalized spacial score (nSPS) is 17.2. The lowest BCUT2D eigenvalue weighted by Gasteiger charge is -2.34. The van der Waals surface area contributed by atoms with Crippen LogP contribution in [0.2, 0.25) is 0 Å². The summed E-state index contributed by atoms with van der Waals surface area (Å²) in [5.74, 6) is 2.12. The molecule has 152 valence electrons. The summed E-state index contributed by atoms with van der Waals surface area (Å²) in [4.78, 5) is 19.3. The first-order valence-corrected chi connectivity index (χ1v) is 10.7. The smallest absolute Gasteiger partial charge is 0.251 e. The minimum absolute atomic E-state index is 0. The molecule has 1 aromatic rings. The van der Waals surface area contributed by atoms with Crippen LogP contribution in [0.5, 0.6) is 0 Å². The van der Waals surface area contributed by atoms with Crippen LogP contribution in [0.4, 0.5) is 0 Å². The number of nitrogens with zero attached hydrogens (tertiary/aromatic N) is 2. The summed E-state index contributed by atoms with van der Waals surface area (Å²) < 4.78 is 0. The molecule has 0 spiro atoms. The van der Waals surface area contributed by atoms with E-state index >= 15 is 0 Å². The molecule has 1 heterocycles. The number of benzene rings is 1. The van der Waals surface area contributed by atoms with Crippen LogP contribution in [-0.4, -0.2) is 53.9 Å². The van der Waals surface area contributed by atoms with Gasteiger partial charge in [-0.05, 0) is 37.5 Å². The van der Waals surface area contributed by atoms with Gasteiger partial charge in [-0.3, -0.25) is 4.79 Å². The van der Waals surface area contributed by atoms with Crippen LogP contribution < -0.4 is 10.6 Å². The lowest BCUT2D eigenvalue weighted by atomic mass is 10.1. The maximum atomic E-state index is 12.1. The highest BCUT2D eigenvalue weighted by atomic mass is 127. The average Bonchev–Trinajstić information content (AvgIpc) is 2.69. The monoisotopic (exact) mass is 504 g/mol. The quantitative estimate of drug-likeness (QED) is 0.338. The standard InChI is InChI=1S/C20H32N4OS.HI/c1-4-10-22-19(25)17-9-7-8-16(13-17)14-23-20(21-6-3)24-11-12-26-18(5-2)15-24;/h7-9,13,18H,4-6,10-12,14-15H2,1-3H3,(H,21,23)(H,22,25);1H. The number of guanidine groups is 1. The second-order valence-electron chi connectivity index (χ2n) is 6.47. The summed E-state index contributed by atoms with van der Waals surface area (Å²) in [6.07, 6.45) is 2.13. The Kier molecular flexibility index (Phi) is 11.8. The number of rotatable bonds is 7. The van der Waals surface area contributed by atoms with Gasteiger partial charge in [-0.25, -0.2) is 4.99 Å². The zero-order valence-corrected chi connectivity index (χ0v) is 19.8. The summed E-state index contributed by atoms with van der Waals surface area (Å²) in [7, 11) is 0. The predicted octanol–water partition coefficient (Wildman–Crippen LogP) is 3.74. The van der Waals surface area contributed by atoms with E-state index < -0.39 is 0 Å². The van der Waals surface area contributed by atoms with Gasteiger partial charge in [0.25, 0.3) is 5.91 Å². The Bertz CT molecular complexity index is 611. The summed E-state index contributed by atoms with van der Waals surface area (Å²) in [6.45, 7) is 10.6. The number of carbonyl (C=O) groups excluding carboxylic acids is 1. The molecular formula is C20H33IN4OS. The first kappa shape index (κ1) is 24.1. The Labute approximate surface area is 185 Å². The van der Waals surface area contributed by atoms with Gasteiger partial charge in [0.05, 0.1) is 6.54 Å². The zero-order chi connectivity index (χ0) is 18.8. The molecule has 0 aromatic heterocycles. The molecular weight excluding hydrogens is 471 g/mol. The third-order valence-electron chi connectivity index (χ3n) is 4.36. The second-order valence-corrected chi connectivity index (χ2v) is 7.88. The Morgan fingerprint density at radius 2 is 2.11 bits per heavy atom. The van der Waals surface area contributed by atoms with Crippen LogP contribution in [0.3, 0.4) is 0 Å². The number of carbonyl (C=O) groups is 1. The first-order valence-electron chi connectivity index (χ1n) is 9.69. The minimum atomic E-state index is -0.0107. The number of amides is 1. The van der Waals surface area contributed by atoms with Crippen molar-refractivity contribution in [1.29, 1.82) is 0 Å². The van der Waals surface area contributed by atoms with Gasteiger partial charge in [-0.15, -0.1) is 24.0 Å². The molecule has 0 aliphatic carbocycles. The van der Waals surface area contributed by atoms with E-state index in [9.17, 15) is 4.79 Å². The zero-order valence-electron chi connectivity index (χ0n) is 16.7. The maximum absolute atomic E-state index is 12.1. The van der Waals surface area contributed by atoms with Crippen LogP contribution in [0, 0.1) is 0 Å². The second kappa shape index (κ2) is 13.3. The largest absolute Gasteiger partial charge is 0.357 e. The molecule has 7 heteroatoms. The Balaban J connectivity index is 0.00000364. The molecule has 1 aromatic carbocycles. The van der Waals surface area contributed by atoms with Gasteiger partial charge in [0.1, 0.15) is 0 Å². The van der Waals surface area contributed by atoms with Crippen molar-refractivity contribution < 1.29 is 4.79 Å². The Morgan fingerprint density at radius 1 is 1.30 bits per heavy atom. The number of thioether (sulfide) groups is 1. The van der Waals surface area contributed by atoms with Crippen molar-refractivity contribution in [2.45, 2.75) is 45.4 Å². The molecule has 1 aliphatic rings. The number of aliphatic imine (C=N–C) groups is 1. The fourth-order valence-corrected chi connectivity index (χ4v) is 4.08. The molecule has 27 heavy (non-hydrogen) atoms. The highest BCUT2D eigenvalue weighted by Crippen LogP contribution is 2.21. The van der Waals surface area contributed by atoms with Crippen molar-refractivity contribution in [2.24, 2.45) is 4.99 Å². The van der Waals surface area contributed by atoms with Crippen LogP contribution >= 0.6 is 35.7 Å². The number of hydrogen-bond donors (Lipinski definition) is 2. The van der Waals surface area contributed by atoms with Crippen LogP contribution in [0.15, 0.2) is 29.3 Å². The minimum Gasteiger partial charge on any atom is -0.357 e. The molecule has 0 bridgehead atoms. The maximum Gasteiger partial charge on any atom is 0.251 e. The summed E-state index contributed by atoms with van der Waals surface area (Å²) in [5, 5.41) is 7.03. The Morgan fingerprint density at radius 3 is 2.81 bits per heavy atom. The lowest BCUT2D eigenvalue weighted by Crippen LogP contribution is -2.48. The topological polar surface area (TPSA) is 56.7 Å². The van der Waals surface area contributed by atoms with Crippen LogP contribution in [0.1, 0.15) is 49.5 Å². The molecule has 2 rings (SSSR count). The van der Waals surface area contributed by atoms with E-state index in [1.807, 2.05) is 24.3 Å². The van der Waals surface area contributed by atoms with Crippen molar-refractivity contribution >= 4 is 47.6 Å². The van der Waals surface area contributed by atoms with Gasteiger partial charge < -0.3 is 15.5 Å². The van der Waals surface area contributed by atoms with Gasteiger partial charge >= 0.3 is 0 Å². The van der Waals surface area contributed by atoms with E-state index in [1.54, 1.807) is 0 Å². The van der Waals surface area contributed by atoms with Gasteiger partial charge in [0, 0.05) is 42.7 Å². The van der Waals surface area contributed by atoms with E-state index in [0.717, 1.165) is 43.3 Å². The SMILES string of the molecule is CCCNC(=O)c1cccc(CN=C(NCC)N2CCSC(CC)C2)c1.I. The summed E-state index contributed by atoms with van der Waals surface area (Å²) >= 11 is 2.06. The third-order valence-corrected chi connectivity index (χ3v) is 5.74. The molecule has 0 saturated carbocycles. The van der Waals surface area contributed by atoms with E-state index in [2.05, 4.69) is 48.1 Å².